The average molecular weight is 341 g/mol. The van der Waals surface area contributed by atoms with Crippen molar-refractivity contribution >= 4 is 5.95 Å². The summed E-state index contributed by atoms with van der Waals surface area (Å²) in [4.78, 5) is 11.3. The third-order valence-electron chi connectivity index (χ3n) is 5.17. The van der Waals surface area contributed by atoms with Crippen LogP contribution in [0.3, 0.4) is 0 Å². The summed E-state index contributed by atoms with van der Waals surface area (Å²) in [6.07, 6.45) is 8.50. The standard InChI is InChI=1S/C18H27N7/c1-13(2)17-23-22-16-6-5-15(12-25(16)17)19-9-14-10-20-18(21-11-14)24-7-3-4-8-24/h10-11,13,15,19H,3-9,12H2,1-2H3. The van der Waals surface area contributed by atoms with Gasteiger partial charge in [-0.05, 0) is 19.3 Å². The van der Waals surface area contributed by atoms with E-state index in [9.17, 15) is 0 Å². The van der Waals surface area contributed by atoms with E-state index in [1.165, 1.54) is 12.8 Å². The van der Waals surface area contributed by atoms with Crippen LogP contribution in [0.4, 0.5) is 5.95 Å². The lowest BCUT2D eigenvalue weighted by atomic mass is 10.1. The fourth-order valence-corrected chi connectivity index (χ4v) is 3.72. The third kappa shape index (κ3) is 3.51. The highest BCUT2D eigenvalue weighted by Crippen LogP contribution is 2.20. The Morgan fingerprint density at radius 3 is 2.64 bits per heavy atom. The molecule has 134 valence electrons. The molecule has 2 aliphatic heterocycles. The van der Waals surface area contributed by atoms with Crippen molar-refractivity contribution in [1.29, 1.82) is 0 Å². The number of anilines is 1. The highest BCUT2D eigenvalue weighted by atomic mass is 15.3. The second-order valence-electron chi connectivity index (χ2n) is 7.44. The molecule has 1 atom stereocenters. The molecule has 7 nitrogen and oxygen atoms in total. The Morgan fingerprint density at radius 2 is 1.92 bits per heavy atom. The molecule has 0 saturated carbocycles. The number of aromatic nitrogens is 5. The summed E-state index contributed by atoms with van der Waals surface area (Å²) in [5.41, 5.74) is 1.14. The van der Waals surface area contributed by atoms with E-state index in [-0.39, 0.29) is 0 Å². The Labute approximate surface area is 148 Å². The zero-order valence-electron chi connectivity index (χ0n) is 15.1. The molecule has 0 radical (unpaired) electrons. The van der Waals surface area contributed by atoms with E-state index >= 15 is 0 Å². The summed E-state index contributed by atoms with van der Waals surface area (Å²) >= 11 is 0. The van der Waals surface area contributed by atoms with E-state index in [2.05, 4.69) is 48.8 Å². The summed E-state index contributed by atoms with van der Waals surface area (Å²) in [6, 6.07) is 0.444. The van der Waals surface area contributed by atoms with Crippen LogP contribution >= 0.6 is 0 Å². The van der Waals surface area contributed by atoms with E-state index in [4.69, 9.17) is 0 Å². The van der Waals surface area contributed by atoms with Crippen LogP contribution < -0.4 is 10.2 Å². The van der Waals surface area contributed by atoms with E-state index < -0.39 is 0 Å². The summed E-state index contributed by atoms with van der Waals surface area (Å²) < 4.78 is 2.29. The molecular weight excluding hydrogens is 314 g/mol. The molecule has 0 bridgehead atoms. The van der Waals surface area contributed by atoms with Crippen LogP contribution in [0.25, 0.3) is 0 Å². The van der Waals surface area contributed by atoms with Crippen LogP contribution in [0, 0.1) is 0 Å². The van der Waals surface area contributed by atoms with Crippen molar-refractivity contribution in [1.82, 2.24) is 30.0 Å². The minimum Gasteiger partial charge on any atom is -0.341 e. The Bertz CT molecular complexity index is 701. The van der Waals surface area contributed by atoms with Crippen molar-refractivity contribution in [2.75, 3.05) is 18.0 Å². The molecule has 0 amide bonds. The van der Waals surface area contributed by atoms with Gasteiger partial charge in [-0.2, -0.15) is 0 Å². The molecule has 0 spiro atoms. The predicted molar refractivity (Wildman–Crippen MR) is 96.5 cm³/mol. The van der Waals surface area contributed by atoms with Gasteiger partial charge in [-0.3, -0.25) is 0 Å². The maximum absolute atomic E-state index is 4.54. The quantitative estimate of drug-likeness (QED) is 0.895. The van der Waals surface area contributed by atoms with Crippen LogP contribution in [0.15, 0.2) is 12.4 Å². The summed E-state index contributed by atoms with van der Waals surface area (Å²) in [5, 5.41) is 12.4. The van der Waals surface area contributed by atoms with Gasteiger partial charge >= 0.3 is 0 Å². The summed E-state index contributed by atoms with van der Waals surface area (Å²) in [5.74, 6) is 3.50. The summed E-state index contributed by atoms with van der Waals surface area (Å²) in [7, 11) is 0. The largest absolute Gasteiger partial charge is 0.341 e. The molecule has 1 saturated heterocycles. The summed E-state index contributed by atoms with van der Waals surface area (Å²) in [6.45, 7) is 8.27. The van der Waals surface area contributed by atoms with Gasteiger partial charge in [0.25, 0.3) is 0 Å². The molecule has 1 N–H and O–H groups in total. The lowest BCUT2D eigenvalue weighted by Gasteiger charge is -2.26. The number of fused-ring (bicyclic) bond motifs is 1. The van der Waals surface area contributed by atoms with Crippen LogP contribution in [0.5, 0.6) is 0 Å². The average Bonchev–Trinajstić information content (AvgIpc) is 3.29. The Hall–Kier alpha value is -2.02. The van der Waals surface area contributed by atoms with Crippen LogP contribution in [0.2, 0.25) is 0 Å². The molecular formula is C18H27N7. The molecule has 2 aromatic rings. The van der Waals surface area contributed by atoms with Gasteiger partial charge < -0.3 is 14.8 Å². The maximum atomic E-state index is 4.54. The van der Waals surface area contributed by atoms with Gasteiger partial charge in [0, 0.05) is 62.5 Å². The Morgan fingerprint density at radius 1 is 1.16 bits per heavy atom. The van der Waals surface area contributed by atoms with Gasteiger partial charge in [-0.15, -0.1) is 10.2 Å². The van der Waals surface area contributed by atoms with Gasteiger partial charge in [-0.25, -0.2) is 9.97 Å². The first kappa shape index (κ1) is 16.4. The van der Waals surface area contributed by atoms with Gasteiger partial charge in [0.2, 0.25) is 5.95 Å². The van der Waals surface area contributed by atoms with E-state index in [0.29, 0.717) is 12.0 Å². The highest BCUT2D eigenvalue weighted by molar-refractivity contribution is 5.30. The molecule has 0 aromatic carbocycles. The molecule has 0 aliphatic carbocycles. The molecule has 2 aromatic heterocycles. The number of aryl methyl sites for hydroxylation is 1. The second kappa shape index (κ2) is 7.07. The Kier molecular flexibility index (Phi) is 4.65. The molecule has 1 unspecified atom stereocenters. The molecule has 4 rings (SSSR count). The zero-order chi connectivity index (χ0) is 17.2. The number of nitrogens with zero attached hydrogens (tertiary/aromatic N) is 6. The maximum Gasteiger partial charge on any atom is 0.225 e. The third-order valence-corrected chi connectivity index (χ3v) is 5.17. The van der Waals surface area contributed by atoms with E-state index in [1.54, 1.807) is 0 Å². The van der Waals surface area contributed by atoms with Gasteiger partial charge in [0.05, 0.1) is 0 Å². The SMILES string of the molecule is CC(C)c1nnc2n1CC(NCc1cnc(N3CCCC3)nc1)CC2. The topological polar surface area (TPSA) is 71.8 Å². The normalized spacial score (nSPS) is 20.3. The molecule has 4 heterocycles. The molecule has 1 fully saturated rings. The number of nitrogens with one attached hydrogen (secondary N) is 1. The molecule has 7 heteroatoms. The first-order chi connectivity index (χ1) is 12.2. The number of rotatable bonds is 5. The predicted octanol–water partition coefficient (Wildman–Crippen LogP) is 1.90. The Balaban J connectivity index is 1.34. The number of hydrogen-bond donors (Lipinski definition) is 1. The van der Waals surface area contributed by atoms with Crippen molar-refractivity contribution < 1.29 is 0 Å². The van der Waals surface area contributed by atoms with Crippen molar-refractivity contribution in [3.05, 3.63) is 29.6 Å². The number of hydrogen-bond acceptors (Lipinski definition) is 6. The van der Waals surface area contributed by atoms with Crippen LogP contribution in [-0.2, 0) is 19.5 Å². The first-order valence-corrected chi connectivity index (χ1v) is 9.42. The van der Waals surface area contributed by atoms with Gasteiger partial charge in [0.1, 0.15) is 11.6 Å². The fraction of sp³-hybridized carbons (Fsp3) is 0.667. The smallest absolute Gasteiger partial charge is 0.225 e. The minimum atomic E-state index is 0.409. The highest BCUT2D eigenvalue weighted by Gasteiger charge is 2.23. The van der Waals surface area contributed by atoms with Gasteiger partial charge in [-0.1, -0.05) is 13.8 Å². The fourth-order valence-electron chi connectivity index (χ4n) is 3.72. The van der Waals surface area contributed by atoms with Crippen molar-refractivity contribution in [3.63, 3.8) is 0 Å². The van der Waals surface area contributed by atoms with Crippen LogP contribution in [0.1, 0.15) is 56.2 Å². The van der Waals surface area contributed by atoms with E-state index in [0.717, 1.165) is 62.2 Å². The van der Waals surface area contributed by atoms with Crippen molar-refractivity contribution in [2.24, 2.45) is 0 Å². The first-order valence-electron chi connectivity index (χ1n) is 9.42. The minimum absolute atomic E-state index is 0.409. The van der Waals surface area contributed by atoms with Crippen LogP contribution in [-0.4, -0.2) is 43.9 Å². The van der Waals surface area contributed by atoms with Gasteiger partial charge in [0.15, 0.2) is 0 Å². The van der Waals surface area contributed by atoms with Crippen molar-refractivity contribution in [2.45, 2.75) is 64.6 Å². The monoisotopic (exact) mass is 341 g/mol. The van der Waals surface area contributed by atoms with Crippen molar-refractivity contribution in [3.8, 4) is 0 Å². The molecule has 25 heavy (non-hydrogen) atoms. The second-order valence-corrected chi connectivity index (χ2v) is 7.44. The lowest BCUT2D eigenvalue weighted by molar-refractivity contribution is 0.370. The molecule has 2 aliphatic rings. The van der Waals surface area contributed by atoms with E-state index in [1.807, 2.05) is 12.4 Å². The zero-order valence-corrected chi connectivity index (χ0v) is 15.1. The lowest BCUT2D eigenvalue weighted by Crippen LogP contribution is -2.37.